The topological polar surface area (TPSA) is 0 Å². The summed E-state index contributed by atoms with van der Waals surface area (Å²) in [5, 5.41) is 18.5. The minimum absolute atomic E-state index is 0.0821. The van der Waals surface area contributed by atoms with Crippen molar-refractivity contribution in [1.29, 1.82) is 0 Å². The van der Waals surface area contributed by atoms with Crippen molar-refractivity contribution < 1.29 is 0 Å². The molecule has 0 fully saturated rings. The van der Waals surface area contributed by atoms with Crippen LogP contribution in [-0.2, 0) is 5.41 Å². The molecular weight excluding hydrogens is 565 g/mol. The van der Waals surface area contributed by atoms with E-state index in [9.17, 15) is 0 Å². The molecule has 0 unspecified atom stereocenters. The summed E-state index contributed by atoms with van der Waals surface area (Å²) in [6, 6.07) is 55.3. The first-order chi connectivity index (χ1) is 23.1. The van der Waals surface area contributed by atoms with E-state index in [1.54, 1.807) is 0 Å². The molecule has 0 radical (unpaired) electrons. The van der Waals surface area contributed by atoms with Gasteiger partial charge in [-0.1, -0.05) is 141 Å². The molecule has 10 aromatic rings. The highest BCUT2D eigenvalue weighted by molar-refractivity contribution is 6.37. The van der Waals surface area contributed by atoms with E-state index in [4.69, 9.17) is 0 Å². The highest BCUT2D eigenvalue weighted by atomic mass is 14.4. The van der Waals surface area contributed by atoms with Crippen LogP contribution >= 0.6 is 0 Å². The van der Waals surface area contributed by atoms with Gasteiger partial charge in [-0.2, -0.15) is 0 Å². The molecular formula is C47H30. The highest BCUT2D eigenvalue weighted by Crippen LogP contribution is 2.52. The third-order valence-electron chi connectivity index (χ3n) is 11.3. The van der Waals surface area contributed by atoms with Crippen LogP contribution in [0.4, 0.5) is 0 Å². The Morgan fingerprint density at radius 3 is 1.55 bits per heavy atom. The fourth-order valence-corrected chi connectivity index (χ4v) is 9.14. The zero-order valence-corrected chi connectivity index (χ0v) is 26.4. The number of hydrogen-bond acceptors (Lipinski definition) is 0. The van der Waals surface area contributed by atoms with Gasteiger partial charge in [-0.15, -0.1) is 0 Å². The molecule has 0 heterocycles. The largest absolute Gasteiger partial charge is 0.0616 e. The lowest BCUT2D eigenvalue weighted by Gasteiger charge is -2.22. The molecule has 1 aliphatic carbocycles. The second-order valence-corrected chi connectivity index (χ2v) is 14.1. The number of rotatable bonds is 1. The standard InChI is InChI=1S/C47H30/c1-47(2)40-23-21-27-8-3-4-12-34(27)46(40)38-22-20-31(26-41(38)47)33-24-32-19-18-30-10-6-14-36-35-13-5-9-28-16-17-29-11-7-15-37(44(29)42(28)35)39(25-33)45(32)43(30)36/h3-26H,1-2H3. The second kappa shape index (κ2) is 8.75. The van der Waals surface area contributed by atoms with Crippen molar-refractivity contribution in [3.63, 3.8) is 0 Å². The maximum Gasteiger partial charge on any atom is 0.0159 e. The summed E-state index contributed by atoms with van der Waals surface area (Å²) in [5.74, 6) is 0. The van der Waals surface area contributed by atoms with Crippen LogP contribution in [0.1, 0.15) is 25.0 Å². The predicted octanol–water partition coefficient (Wildman–Crippen LogP) is 13.2. The first-order valence-corrected chi connectivity index (χ1v) is 16.7. The van der Waals surface area contributed by atoms with Crippen molar-refractivity contribution in [1.82, 2.24) is 0 Å². The van der Waals surface area contributed by atoms with Gasteiger partial charge in [0.1, 0.15) is 0 Å². The first kappa shape index (κ1) is 25.5. The highest BCUT2D eigenvalue weighted by Gasteiger charge is 2.36. The van der Waals surface area contributed by atoms with Crippen LogP contribution in [-0.4, -0.2) is 0 Å². The molecule has 0 aliphatic heterocycles. The Bertz CT molecular complexity index is 2970. The van der Waals surface area contributed by atoms with Gasteiger partial charge in [-0.25, -0.2) is 0 Å². The SMILES string of the molecule is CC1(C)c2cc(-c3cc4ccc5cccc6c7cccc8ccc9cccc(c(c3)c4c56)c9c87)ccc2-c2c1ccc1ccccc21. The minimum atomic E-state index is -0.0821. The molecule has 1 aliphatic rings. The molecule has 0 amide bonds. The Morgan fingerprint density at radius 1 is 0.340 bits per heavy atom. The van der Waals surface area contributed by atoms with Crippen molar-refractivity contribution in [2.75, 3.05) is 0 Å². The van der Waals surface area contributed by atoms with Crippen molar-refractivity contribution in [3.05, 3.63) is 157 Å². The molecule has 218 valence electrons. The average Bonchev–Trinajstić information content (AvgIpc) is 3.35. The lowest BCUT2D eigenvalue weighted by molar-refractivity contribution is 0.661. The fourth-order valence-electron chi connectivity index (χ4n) is 9.14. The third kappa shape index (κ3) is 3.23. The van der Waals surface area contributed by atoms with Crippen LogP contribution in [0.2, 0.25) is 0 Å². The molecule has 0 spiro atoms. The predicted molar refractivity (Wildman–Crippen MR) is 203 cm³/mol. The average molecular weight is 595 g/mol. The molecule has 47 heavy (non-hydrogen) atoms. The summed E-state index contributed by atoms with van der Waals surface area (Å²) in [6.07, 6.45) is 0. The molecule has 0 nitrogen and oxygen atoms in total. The van der Waals surface area contributed by atoms with E-state index >= 15 is 0 Å². The van der Waals surface area contributed by atoms with Gasteiger partial charge in [0.25, 0.3) is 0 Å². The molecule has 0 N–H and O–H groups in total. The third-order valence-corrected chi connectivity index (χ3v) is 11.3. The normalized spacial score (nSPS) is 13.9. The van der Waals surface area contributed by atoms with E-state index < -0.39 is 0 Å². The Morgan fingerprint density at radius 2 is 0.872 bits per heavy atom. The van der Waals surface area contributed by atoms with Crippen LogP contribution < -0.4 is 0 Å². The zero-order valence-electron chi connectivity index (χ0n) is 26.4. The van der Waals surface area contributed by atoms with Gasteiger partial charge >= 0.3 is 0 Å². The lowest BCUT2D eigenvalue weighted by Crippen LogP contribution is -2.15. The molecule has 0 bridgehead atoms. The number of benzene rings is 9. The van der Waals surface area contributed by atoms with Gasteiger partial charge in [0.2, 0.25) is 0 Å². The second-order valence-electron chi connectivity index (χ2n) is 14.1. The fraction of sp³-hybridized carbons (Fsp3) is 0.0638. The Labute approximate surface area is 272 Å². The van der Waals surface area contributed by atoms with Crippen LogP contribution in [0.15, 0.2) is 146 Å². The van der Waals surface area contributed by atoms with E-state index in [0.29, 0.717) is 0 Å². The lowest BCUT2D eigenvalue weighted by atomic mass is 9.81. The smallest absolute Gasteiger partial charge is 0.0159 e. The Balaban J connectivity index is 1.28. The summed E-state index contributed by atoms with van der Waals surface area (Å²) in [4.78, 5) is 0. The molecule has 0 saturated heterocycles. The van der Waals surface area contributed by atoms with Crippen molar-refractivity contribution in [3.8, 4) is 22.3 Å². The van der Waals surface area contributed by atoms with Crippen LogP contribution in [0, 0.1) is 0 Å². The van der Waals surface area contributed by atoms with E-state index in [1.165, 1.54) is 109 Å². The Kier molecular flexibility index (Phi) is 4.74. The van der Waals surface area contributed by atoms with Gasteiger partial charge in [0.15, 0.2) is 0 Å². The van der Waals surface area contributed by atoms with E-state index in [-0.39, 0.29) is 5.41 Å². The summed E-state index contributed by atoms with van der Waals surface area (Å²) < 4.78 is 0. The quantitative estimate of drug-likeness (QED) is 0.166. The van der Waals surface area contributed by atoms with E-state index in [2.05, 4.69) is 159 Å². The van der Waals surface area contributed by atoms with Crippen LogP contribution in [0.5, 0.6) is 0 Å². The van der Waals surface area contributed by atoms with Gasteiger partial charge in [-0.05, 0) is 127 Å². The summed E-state index contributed by atoms with van der Waals surface area (Å²) in [5.41, 5.74) is 8.04. The van der Waals surface area contributed by atoms with Crippen LogP contribution in [0.3, 0.4) is 0 Å². The van der Waals surface area contributed by atoms with Crippen LogP contribution in [0.25, 0.3) is 97.7 Å². The minimum Gasteiger partial charge on any atom is -0.0616 e. The number of hydrogen-bond donors (Lipinski definition) is 0. The maximum atomic E-state index is 2.48. The summed E-state index contributed by atoms with van der Waals surface area (Å²) in [6.45, 7) is 4.78. The summed E-state index contributed by atoms with van der Waals surface area (Å²) in [7, 11) is 0. The molecule has 0 atom stereocenters. The summed E-state index contributed by atoms with van der Waals surface area (Å²) >= 11 is 0. The van der Waals surface area contributed by atoms with Gasteiger partial charge in [0.05, 0.1) is 0 Å². The van der Waals surface area contributed by atoms with Gasteiger partial charge in [-0.3, -0.25) is 0 Å². The molecule has 0 heteroatoms. The van der Waals surface area contributed by atoms with Gasteiger partial charge in [0, 0.05) is 5.41 Å². The monoisotopic (exact) mass is 594 g/mol. The molecule has 0 aromatic heterocycles. The van der Waals surface area contributed by atoms with E-state index in [0.717, 1.165) is 0 Å². The Hall–Kier alpha value is -5.72. The van der Waals surface area contributed by atoms with Crippen molar-refractivity contribution in [2.24, 2.45) is 0 Å². The molecule has 11 rings (SSSR count). The zero-order chi connectivity index (χ0) is 31.0. The maximum absolute atomic E-state index is 2.48. The molecule has 10 aromatic carbocycles. The molecule has 0 saturated carbocycles. The van der Waals surface area contributed by atoms with E-state index in [1.807, 2.05) is 0 Å². The van der Waals surface area contributed by atoms with Crippen molar-refractivity contribution in [2.45, 2.75) is 19.3 Å². The van der Waals surface area contributed by atoms with Gasteiger partial charge < -0.3 is 0 Å². The van der Waals surface area contributed by atoms with Crippen molar-refractivity contribution >= 4 is 75.4 Å². The first-order valence-electron chi connectivity index (χ1n) is 16.7. The number of fused-ring (bicyclic) bond motifs is 7.